The van der Waals surface area contributed by atoms with Crippen LogP contribution in [0.5, 0.6) is 0 Å². The molecule has 0 saturated carbocycles. The van der Waals surface area contributed by atoms with Crippen molar-refractivity contribution in [3.8, 4) is 44.5 Å². The molecule has 0 radical (unpaired) electrons. The molecule has 0 bridgehead atoms. The molecule has 9 aromatic carbocycles. The Hall–Kier alpha value is -6.90. The minimum Gasteiger partial charge on any atom is -0.455 e. The molecule has 0 unspecified atom stereocenters. The first-order chi connectivity index (χ1) is 25.8. The van der Waals surface area contributed by atoms with Crippen LogP contribution in [0.15, 0.2) is 199 Å². The number of hydrogen-bond acceptors (Lipinski definition) is 2. The van der Waals surface area contributed by atoms with Crippen LogP contribution < -0.4 is 5.32 Å². The molecule has 10 rings (SSSR count). The van der Waals surface area contributed by atoms with Crippen molar-refractivity contribution in [1.29, 1.82) is 0 Å². The molecule has 0 aliphatic rings. The van der Waals surface area contributed by atoms with Crippen molar-refractivity contribution in [1.82, 2.24) is 0 Å². The van der Waals surface area contributed by atoms with Gasteiger partial charge in [-0.25, -0.2) is 0 Å². The first-order valence-corrected chi connectivity index (χ1v) is 17.8. The van der Waals surface area contributed by atoms with Crippen molar-refractivity contribution in [3.05, 3.63) is 194 Å². The smallest absolute Gasteiger partial charge is 0.143 e. The maximum atomic E-state index is 6.70. The number of hydrogen-bond donors (Lipinski definition) is 1. The van der Waals surface area contributed by atoms with E-state index in [2.05, 4.69) is 199 Å². The van der Waals surface area contributed by atoms with Crippen molar-refractivity contribution in [2.75, 3.05) is 5.32 Å². The van der Waals surface area contributed by atoms with E-state index in [0.29, 0.717) is 0 Å². The zero-order valence-electron chi connectivity index (χ0n) is 28.4. The molecule has 0 fully saturated rings. The van der Waals surface area contributed by atoms with E-state index in [1.165, 1.54) is 38.6 Å². The van der Waals surface area contributed by atoms with Gasteiger partial charge in [0.2, 0.25) is 0 Å². The summed E-state index contributed by atoms with van der Waals surface area (Å²) in [6, 6.07) is 69.3. The van der Waals surface area contributed by atoms with Gasteiger partial charge in [0.15, 0.2) is 0 Å². The van der Waals surface area contributed by atoms with Crippen molar-refractivity contribution >= 4 is 54.9 Å². The minimum atomic E-state index is 0.884. The Morgan fingerprint density at radius 2 is 0.942 bits per heavy atom. The largest absolute Gasteiger partial charge is 0.455 e. The van der Waals surface area contributed by atoms with E-state index < -0.39 is 0 Å². The predicted octanol–water partition coefficient (Wildman–Crippen LogP) is 14.3. The highest BCUT2D eigenvalue weighted by Crippen LogP contribution is 2.44. The molecule has 52 heavy (non-hydrogen) atoms. The van der Waals surface area contributed by atoms with Gasteiger partial charge >= 0.3 is 0 Å². The Morgan fingerprint density at radius 1 is 0.327 bits per heavy atom. The molecule has 0 amide bonds. The van der Waals surface area contributed by atoms with Crippen molar-refractivity contribution in [2.45, 2.75) is 0 Å². The first kappa shape index (κ1) is 30.0. The van der Waals surface area contributed by atoms with E-state index in [4.69, 9.17) is 4.42 Å². The van der Waals surface area contributed by atoms with Crippen LogP contribution in [-0.4, -0.2) is 0 Å². The summed E-state index contributed by atoms with van der Waals surface area (Å²) in [5, 5.41) is 10.8. The number of fused-ring (bicyclic) bond motifs is 6. The molecular formula is C50H33NO. The fourth-order valence-electron chi connectivity index (χ4n) is 7.67. The molecule has 1 aromatic heterocycles. The monoisotopic (exact) mass is 663 g/mol. The van der Waals surface area contributed by atoms with E-state index in [1.807, 2.05) is 0 Å². The van der Waals surface area contributed by atoms with Gasteiger partial charge in [-0.2, -0.15) is 0 Å². The summed E-state index contributed by atoms with van der Waals surface area (Å²) in [7, 11) is 0. The molecule has 0 aliphatic heterocycles. The number of anilines is 2. The second-order valence-corrected chi connectivity index (χ2v) is 13.4. The van der Waals surface area contributed by atoms with E-state index in [9.17, 15) is 0 Å². The summed E-state index contributed by atoms with van der Waals surface area (Å²) in [6.45, 7) is 0. The van der Waals surface area contributed by atoms with Crippen molar-refractivity contribution in [3.63, 3.8) is 0 Å². The van der Waals surface area contributed by atoms with E-state index in [-0.39, 0.29) is 0 Å². The van der Waals surface area contributed by atoms with Crippen LogP contribution >= 0.6 is 0 Å². The Labute approximate surface area is 302 Å². The van der Waals surface area contributed by atoms with Crippen LogP contribution in [0.3, 0.4) is 0 Å². The lowest BCUT2D eigenvalue weighted by Crippen LogP contribution is -1.96. The van der Waals surface area contributed by atoms with Gasteiger partial charge in [0.1, 0.15) is 11.2 Å². The molecule has 10 aromatic rings. The normalized spacial score (nSPS) is 11.5. The second kappa shape index (κ2) is 12.5. The van der Waals surface area contributed by atoms with Gasteiger partial charge in [-0.1, -0.05) is 164 Å². The van der Waals surface area contributed by atoms with E-state index in [1.54, 1.807) is 0 Å². The zero-order valence-corrected chi connectivity index (χ0v) is 28.4. The molecule has 0 saturated heterocycles. The van der Waals surface area contributed by atoms with Crippen LogP contribution in [0.1, 0.15) is 0 Å². The van der Waals surface area contributed by atoms with Gasteiger partial charge in [-0.3, -0.25) is 0 Å². The maximum Gasteiger partial charge on any atom is 0.143 e. The SMILES string of the molecule is c1ccc(-c2ccc(-c3cc(-c4ccccc4)ccc3Nc3cc4c(oc5cccc(-c6ccc7ccccc7c6)c54)c4ccccc34)cc2)cc1. The highest BCUT2D eigenvalue weighted by molar-refractivity contribution is 6.22. The summed E-state index contributed by atoms with van der Waals surface area (Å²) >= 11 is 0. The standard InChI is InChI=1S/C50H33NO/c1-3-12-33(13-4-1)36-22-25-37(26-23-36)44-31-39(34-14-5-2-6-15-34)28-29-46(44)51-47-32-45-49-41(40-27-24-35-16-7-8-17-38(35)30-40)20-11-21-48(49)52-50(45)43-19-10-9-18-42(43)47/h1-32,51H. The Kier molecular flexibility index (Phi) is 7.18. The van der Waals surface area contributed by atoms with Gasteiger partial charge in [-0.05, 0) is 80.0 Å². The Balaban J connectivity index is 1.15. The first-order valence-electron chi connectivity index (χ1n) is 17.8. The van der Waals surface area contributed by atoms with Crippen LogP contribution in [0.2, 0.25) is 0 Å². The molecule has 2 nitrogen and oxygen atoms in total. The molecule has 0 spiro atoms. The highest BCUT2D eigenvalue weighted by atomic mass is 16.3. The van der Waals surface area contributed by atoms with E-state index in [0.717, 1.165) is 60.8 Å². The fourth-order valence-corrected chi connectivity index (χ4v) is 7.67. The molecule has 1 N–H and O–H groups in total. The van der Waals surface area contributed by atoms with Crippen LogP contribution in [0, 0.1) is 0 Å². The Bertz CT molecular complexity index is 2900. The van der Waals surface area contributed by atoms with Gasteiger partial charge < -0.3 is 9.73 Å². The zero-order chi connectivity index (χ0) is 34.4. The summed E-state index contributed by atoms with van der Waals surface area (Å²) in [6.07, 6.45) is 0. The third kappa shape index (κ3) is 5.21. The average molecular weight is 664 g/mol. The lowest BCUT2D eigenvalue weighted by atomic mass is 9.94. The van der Waals surface area contributed by atoms with Crippen molar-refractivity contribution in [2.24, 2.45) is 0 Å². The topological polar surface area (TPSA) is 25.2 Å². The minimum absolute atomic E-state index is 0.884. The average Bonchev–Trinajstić information content (AvgIpc) is 3.61. The molecule has 244 valence electrons. The van der Waals surface area contributed by atoms with Crippen LogP contribution in [-0.2, 0) is 0 Å². The summed E-state index contributed by atoms with van der Waals surface area (Å²) < 4.78 is 6.70. The maximum absolute atomic E-state index is 6.70. The third-order valence-electron chi connectivity index (χ3n) is 10.3. The molecule has 1 heterocycles. The number of rotatable bonds is 6. The molecule has 0 aliphatic carbocycles. The Morgan fingerprint density at radius 3 is 1.73 bits per heavy atom. The van der Waals surface area contributed by atoms with Crippen LogP contribution in [0.25, 0.3) is 88.0 Å². The lowest BCUT2D eigenvalue weighted by molar-refractivity contribution is 0.673. The molecular weight excluding hydrogens is 631 g/mol. The number of nitrogens with one attached hydrogen (secondary N) is 1. The second-order valence-electron chi connectivity index (χ2n) is 13.4. The molecule has 2 heteroatoms. The van der Waals surface area contributed by atoms with Gasteiger partial charge in [0.05, 0.1) is 0 Å². The fraction of sp³-hybridized carbons (Fsp3) is 0. The number of furan rings is 1. The predicted molar refractivity (Wildman–Crippen MR) is 220 cm³/mol. The van der Waals surface area contributed by atoms with E-state index >= 15 is 0 Å². The van der Waals surface area contributed by atoms with Gasteiger partial charge in [-0.15, -0.1) is 0 Å². The summed E-state index contributed by atoms with van der Waals surface area (Å²) in [5.74, 6) is 0. The van der Waals surface area contributed by atoms with Gasteiger partial charge in [0.25, 0.3) is 0 Å². The third-order valence-corrected chi connectivity index (χ3v) is 10.3. The quantitative estimate of drug-likeness (QED) is 0.192. The molecule has 0 atom stereocenters. The van der Waals surface area contributed by atoms with Crippen LogP contribution in [0.4, 0.5) is 11.4 Å². The highest BCUT2D eigenvalue weighted by Gasteiger charge is 2.18. The summed E-state index contributed by atoms with van der Waals surface area (Å²) in [4.78, 5) is 0. The lowest BCUT2D eigenvalue weighted by Gasteiger charge is -2.17. The summed E-state index contributed by atoms with van der Waals surface area (Å²) in [5.41, 5.74) is 13.3. The van der Waals surface area contributed by atoms with Gasteiger partial charge in [0, 0.05) is 38.5 Å². The number of benzene rings is 9. The van der Waals surface area contributed by atoms with Crippen molar-refractivity contribution < 1.29 is 4.42 Å².